The van der Waals surface area contributed by atoms with Gasteiger partial charge in [-0.25, -0.2) is 0 Å². The van der Waals surface area contributed by atoms with Crippen molar-refractivity contribution in [1.82, 2.24) is 0 Å². The van der Waals surface area contributed by atoms with Gasteiger partial charge in [0.15, 0.2) is 6.29 Å². The Morgan fingerprint density at radius 3 is 2.00 bits per heavy atom. The van der Waals surface area contributed by atoms with Crippen LogP contribution in [-0.4, -0.2) is 86.2 Å². The molecule has 1 aromatic carbocycles. The predicted molar refractivity (Wildman–Crippen MR) is 94.5 cm³/mol. The molecule has 0 bridgehead atoms. The minimum absolute atomic E-state index is 0.115. The molecule has 1 saturated heterocycles. The number of hydrogen-bond donors (Lipinski definition) is 9. The van der Waals surface area contributed by atoms with Gasteiger partial charge in [0.1, 0.15) is 24.1 Å². The summed E-state index contributed by atoms with van der Waals surface area (Å²) >= 11 is 0. The van der Waals surface area contributed by atoms with Crippen molar-refractivity contribution in [2.45, 2.75) is 37.6 Å². The average molecular weight is 428 g/mol. The van der Waals surface area contributed by atoms with E-state index in [1.54, 1.807) is 12.1 Å². The highest BCUT2D eigenvalue weighted by Gasteiger charge is 2.41. The number of benzene rings is 1. The second-order valence-corrected chi connectivity index (χ2v) is 6.38. The number of hydrogen-bond acceptors (Lipinski definition) is 10. The van der Waals surface area contributed by atoms with Gasteiger partial charge < -0.3 is 41.3 Å². The molecule has 1 unspecified atom stereocenters. The van der Waals surface area contributed by atoms with Crippen molar-refractivity contribution in [2.24, 2.45) is 5.73 Å². The zero-order valence-electron chi connectivity index (χ0n) is 14.7. The summed E-state index contributed by atoms with van der Waals surface area (Å²) in [6.45, 7) is 0.967. The molecule has 2 rings (SSSR count). The maximum absolute atomic E-state index is 10.5. The number of carbonyl (C=O) groups is 1. The second-order valence-electron chi connectivity index (χ2n) is 5.48. The number of phenolic OH excluding ortho intramolecular Hbond substituents is 1. The Morgan fingerprint density at radius 2 is 1.61 bits per heavy atom. The van der Waals surface area contributed by atoms with E-state index < -0.39 is 47.6 Å². The van der Waals surface area contributed by atoms with Crippen LogP contribution in [0, 0.1) is 0 Å². The van der Waals surface area contributed by atoms with Gasteiger partial charge in [-0.2, -0.15) is 8.42 Å². The molecule has 10 N–H and O–H groups in total. The molecule has 0 aromatic heterocycles. The number of nitrogens with one attached hydrogen (secondary N) is 1. The van der Waals surface area contributed by atoms with E-state index in [4.69, 9.17) is 43.3 Å². The monoisotopic (exact) mass is 428 g/mol. The first-order valence-corrected chi connectivity index (χ1v) is 8.98. The first kappa shape index (κ1) is 26.1. The molecule has 0 aliphatic carbocycles. The van der Waals surface area contributed by atoms with E-state index >= 15 is 0 Å². The molecule has 0 saturated carbocycles. The Hall–Kier alpha value is -1.88. The Kier molecular flexibility index (Phi) is 11.1. The van der Waals surface area contributed by atoms with Crippen molar-refractivity contribution in [3.8, 4) is 5.75 Å². The van der Waals surface area contributed by atoms with Gasteiger partial charge in [-0.3, -0.25) is 13.9 Å². The van der Waals surface area contributed by atoms with E-state index in [2.05, 4.69) is 5.32 Å². The van der Waals surface area contributed by atoms with Gasteiger partial charge in [0.05, 0.1) is 12.6 Å². The van der Waals surface area contributed by atoms with E-state index in [1.165, 1.54) is 19.1 Å². The molecule has 162 valence electrons. The number of amides is 1. The number of anilines is 1. The summed E-state index contributed by atoms with van der Waals surface area (Å²) in [5, 5.41) is 47.5. The summed E-state index contributed by atoms with van der Waals surface area (Å²) in [4.78, 5) is 10.5. The largest absolute Gasteiger partial charge is 0.508 e. The summed E-state index contributed by atoms with van der Waals surface area (Å²) in [7, 11) is -4.67. The lowest BCUT2D eigenvalue weighted by Crippen LogP contribution is -2.61. The molecule has 1 heterocycles. The van der Waals surface area contributed by atoms with Crippen LogP contribution in [0.1, 0.15) is 6.92 Å². The third-order valence-corrected chi connectivity index (χ3v) is 3.14. The van der Waals surface area contributed by atoms with Crippen LogP contribution in [-0.2, 0) is 19.9 Å². The van der Waals surface area contributed by atoms with E-state index in [9.17, 15) is 15.0 Å². The molecule has 1 aliphatic rings. The van der Waals surface area contributed by atoms with Crippen LogP contribution >= 0.6 is 0 Å². The van der Waals surface area contributed by atoms with Gasteiger partial charge in [0.2, 0.25) is 5.91 Å². The molecular weight excluding hydrogens is 404 g/mol. The van der Waals surface area contributed by atoms with Crippen molar-refractivity contribution in [3.63, 3.8) is 0 Å². The van der Waals surface area contributed by atoms with Gasteiger partial charge in [0.25, 0.3) is 0 Å². The van der Waals surface area contributed by atoms with Crippen LogP contribution in [0.25, 0.3) is 0 Å². The maximum atomic E-state index is 10.5. The Labute approximate surface area is 160 Å². The molecule has 1 aliphatic heterocycles. The number of aromatic hydroxyl groups is 1. The SMILES string of the molecule is CC(=O)Nc1ccc(O)cc1.N[C@H]1C(O)O[C@H](CO)[C@@H](O)[C@@H]1O.O=S(=O)(O)O. The van der Waals surface area contributed by atoms with E-state index in [-0.39, 0.29) is 11.7 Å². The molecule has 1 amide bonds. The molecule has 14 heteroatoms. The van der Waals surface area contributed by atoms with Crippen LogP contribution in [0.15, 0.2) is 24.3 Å². The normalized spacial score (nSPS) is 26.8. The summed E-state index contributed by atoms with van der Waals surface area (Å²) in [5.74, 6) is 0.0785. The van der Waals surface area contributed by atoms with E-state index in [0.717, 1.165) is 0 Å². The number of aliphatic hydroxyl groups excluding tert-OH is 4. The molecule has 1 aromatic rings. The van der Waals surface area contributed by atoms with Crippen molar-refractivity contribution in [3.05, 3.63) is 24.3 Å². The highest BCUT2D eigenvalue weighted by atomic mass is 32.3. The van der Waals surface area contributed by atoms with Gasteiger partial charge in [-0.1, -0.05) is 0 Å². The Morgan fingerprint density at radius 1 is 1.14 bits per heavy atom. The number of nitrogens with two attached hydrogens (primary N) is 1. The summed E-state index contributed by atoms with van der Waals surface area (Å²) in [5.41, 5.74) is 5.95. The smallest absolute Gasteiger partial charge is 0.394 e. The lowest BCUT2D eigenvalue weighted by molar-refractivity contribution is -0.248. The first-order valence-electron chi connectivity index (χ1n) is 7.58. The minimum atomic E-state index is -4.67. The molecule has 0 spiro atoms. The fourth-order valence-corrected chi connectivity index (χ4v) is 1.87. The standard InChI is InChI=1S/C8H9NO2.C6H13NO5.H2O4S/c1-6(10)9-7-2-4-8(11)5-3-7;7-3-5(10)4(9)2(1-8)12-6(3)11;1-5(2,3)4/h2-5,11H,1H3,(H,9,10);2-6,8-11H,1,7H2;(H2,1,2,3,4)/t;2-,3-,4-,5-,6?;/m.1./s1. The predicted octanol–water partition coefficient (Wildman–Crippen LogP) is -2.56. The van der Waals surface area contributed by atoms with Crippen LogP contribution in [0.4, 0.5) is 5.69 Å². The summed E-state index contributed by atoms with van der Waals surface area (Å²) < 4.78 is 36.3. The maximum Gasteiger partial charge on any atom is 0.394 e. The number of ether oxygens (including phenoxy) is 1. The average Bonchev–Trinajstić information content (AvgIpc) is 2.57. The molecule has 28 heavy (non-hydrogen) atoms. The fourth-order valence-electron chi connectivity index (χ4n) is 1.87. The van der Waals surface area contributed by atoms with Crippen LogP contribution < -0.4 is 11.1 Å². The lowest BCUT2D eigenvalue weighted by Gasteiger charge is -2.38. The Balaban J connectivity index is 0.000000424. The van der Waals surface area contributed by atoms with Crippen LogP contribution in [0.2, 0.25) is 0 Å². The van der Waals surface area contributed by atoms with Gasteiger partial charge in [-0.05, 0) is 24.3 Å². The van der Waals surface area contributed by atoms with Gasteiger partial charge in [0, 0.05) is 12.6 Å². The zero-order valence-corrected chi connectivity index (χ0v) is 15.5. The van der Waals surface area contributed by atoms with Crippen molar-refractivity contribution >= 4 is 22.0 Å². The molecule has 13 nitrogen and oxygen atoms in total. The highest BCUT2D eigenvalue weighted by molar-refractivity contribution is 7.79. The van der Waals surface area contributed by atoms with Gasteiger partial charge in [-0.15, -0.1) is 0 Å². The minimum Gasteiger partial charge on any atom is -0.508 e. The van der Waals surface area contributed by atoms with E-state index in [0.29, 0.717) is 5.69 Å². The summed E-state index contributed by atoms with van der Waals surface area (Å²) in [6, 6.07) is 5.27. The number of rotatable bonds is 2. The van der Waals surface area contributed by atoms with Crippen molar-refractivity contribution in [2.75, 3.05) is 11.9 Å². The van der Waals surface area contributed by atoms with Gasteiger partial charge >= 0.3 is 10.4 Å². The molecule has 1 fully saturated rings. The number of carbonyl (C=O) groups excluding carboxylic acids is 1. The fraction of sp³-hybridized carbons (Fsp3) is 0.500. The third-order valence-electron chi connectivity index (χ3n) is 3.14. The lowest BCUT2D eigenvalue weighted by atomic mass is 9.98. The topological polar surface area (TPSA) is 240 Å². The molecular formula is C14H24N2O11S. The van der Waals surface area contributed by atoms with Crippen LogP contribution in [0.3, 0.4) is 0 Å². The van der Waals surface area contributed by atoms with Crippen molar-refractivity contribution < 1.29 is 52.6 Å². The molecule has 5 atom stereocenters. The van der Waals surface area contributed by atoms with Crippen molar-refractivity contribution in [1.29, 1.82) is 0 Å². The quantitative estimate of drug-likeness (QED) is 0.175. The van der Waals surface area contributed by atoms with E-state index in [1.807, 2.05) is 0 Å². The first-order chi connectivity index (χ1) is 12.8. The third kappa shape index (κ3) is 11.1. The summed E-state index contributed by atoms with van der Waals surface area (Å²) in [6.07, 6.45) is -4.85. The number of phenols is 1. The van der Waals surface area contributed by atoms with Crippen LogP contribution in [0.5, 0.6) is 5.75 Å². The Bertz CT molecular complexity index is 685. The molecule has 0 radical (unpaired) electrons. The highest BCUT2D eigenvalue weighted by Crippen LogP contribution is 2.17. The zero-order chi connectivity index (χ0) is 22.1. The second kappa shape index (κ2) is 11.8. The number of aliphatic hydroxyl groups is 4.